The molecule has 1 aromatic heterocycles. The third-order valence-corrected chi connectivity index (χ3v) is 4.74. The molecule has 0 fully saturated rings. The molecule has 0 spiro atoms. The number of nitrogens with one attached hydrogen (secondary N) is 1. The van der Waals surface area contributed by atoms with E-state index >= 15 is 0 Å². The molecule has 0 aliphatic heterocycles. The first-order valence-electron chi connectivity index (χ1n) is 8.44. The van der Waals surface area contributed by atoms with Crippen molar-refractivity contribution in [3.05, 3.63) is 74.7 Å². The van der Waals surface area contributed by atoms with E-state index in [-0.39, 0.29) is 36.6 Å². The first kappa shape index (κ1) is 19.0. The van der Waals surface area contributed by atoms with Gasteiger partial charge in [0.05, 0.1) is 17.4 Å². The number of Topliss-reactive ketones (excluding diaryl/α,β-unsaturated/α-hetero) is 1. The van der Waals surface area contributed by atoms with Crippen molar-refractivity contribution in [1.82, 2.24) is 14.9 Å². The second-order valence-electron chi connectivity index (χ2n) is 6.21. The molecular weight excluding hydrogens is 410 g/mol. The number of aromatic nitrogens is 2. The van der Waals surface area contributed by atoms with Crippen molar-refractivity contribution in [3.8, 4) is 0 Å². The largest absolute Gasteiger partial charge is 0.338 e. The molecule has 1 amide bonds. The van der Waals surface area contributed by atoms with Crippen LogP contribution in [0.4, 0.5) is 0 Å². The van der Waals surface area contributed by atoms with E-state index in [2.05, 4.69) is 25.9 Å². The van der Waals surface area contributed by atoms with Gasteiger partial charge in [0.1, 0.15) is 5.82 Å². The third-order valence-electron chi connectivity index (χ3n) is 4.21. The summed E-state index contributed by atoms with van der Waals surface area (Å²) in [5.41, 5.74) is 0.929. The molecule has 3 aromatic rings. The number of carbonyl (C=O) groups is 2. The molecule has 6 nitrogen and oxygen atoms in total. The molecule has 138 valence electrons. The van der Waals surface area contributed by atoms with Crippen LogP contribution in [0.2, 0.25) is 0 Å². The molecule has 0 saturated heterocycles. The Balaban J connectivity index is 1.61. The number of carbonyl (C=O) groups excluding carboxylic acids is 2. The van der Waals surface area contributed by atoms with Crippen molar-refractivity contribution in [3.63, 3.8) is 0 Å². The fraction of sp³-hybridized carbons (Fsp3) is 0.200. The summed E-state index contributed by atoms with van der Waals surface area (Å²) >= 11 is 3.32. The van der Waals surface area contributed by atoms with Crippen LogP contribution in [0.5, 0.6) is 0 Å². The fourth-order valence-electron chi connectivity index (χ4n) is 2.71. The Labute approximate surface area is 164 Å². The first-order chi connectivity index (χ1) is 12.9. The van der Waals surface area contributed by atoms with Crippen molar-refractivity contribution in [2.75, 3.05) is 7.05 Å². The van der Waals surface area contributed by atoms with Gasteiger partial charge in [-0.25, -0.2) is 4.98 Å². The number of benzene rings is 2. The van der Waals surface area contributed by atoms with Gasteiger partial charge < -0.3 is 9.88 Å². The van der Waals surface area contributed by atoms with Crippen molar-refractivity contribution < 1.29 is 9.59 Å². The van der Waals surface area contributed by atoms with Crippen LogP contribution in [-0.2, 0) is 11.3 Å². The zero-order valence-corrected chi connectivity index (χ0v) is 16.3. The number of hydrogen-bond acceptors (Lipinski definition) is 4. The lowest BCUT2D eigenvalue weighted by atomic mass is 10.1. The standard InChI is InChI=1S/C20H18BrN3O3/c1-24(12-18-22-16-5-3-2-4-15(16)20(27)23-18)19(26)11-10-17(25)13-6-8-14(21)9-7-13/h2-9H,10-12H2,1H3,(H,22,23,27). The van der Waals surface area contributed by atoms with E-state index in [9.17, 15) is 14.4 Å². The van der Waals surface area contributed by atoms with Gasteiger partial charge in [-0.2, -0.15) is 0 Å². The van der Waals surface area contributed by atoms with Crippen LogP contribution >= 0.6 is 15.9 Å². The molecule has 0 aliphatic rings. The van der Waals surface area contributed by atoms with Gasteiger partial charge in [0.25, 0.3) is 5.56 Å². The maximum absolute atomic E-state index is 12.3. The quantitative estimate of drug-likeness (QED) is 0.611. The molecule has 7 heteroatoms. The van der Waals surface area contributed by atoms with Gasteiger partial charge >= 0.3 is 0 Å². The van der Waals surface area contributed by atoms with Crippen LogP contribution in [0.25, 0.3) is 10.9 Å². The Hall–Kier alpha value is -2.80. The lowest BCUT2D eigenvalue weighted by molar-refractivity contribution is -0.130. The maximum Gasteiger partial charge on any atom is 0.258 e. The van der Waals surface area contributed by atoms with E-state index < -0.39 is 0 Å². The Morgan fingerprint density at radius 1 is 1.07 bits per heavy atom. The summed E-state index contributed by atoms with van der Waals surface area (Å²) in [6, 6.07) is 14.1. The molecule has 0 atom stereocenters. The number of amides is 1. The Kier molecular flexibility index (Phi) is 5.81. The number of aromatic amines is 1. The van der Waals surface area contributed by atoms with Crippen LogP contribution in [-0.4, -0.2) is 33.6 Å². The molecule has 0 radical (unpaired) electrons. The molecule has 3 rings (SSSR count). The van der Waals surface area contributed by atoms with Crippen molar-refractivity contribution in [2.24, 2.45) is 0 Å². The van der Waals surface area contributed by atoms with Crippen molar-refractivity contribution >= 4 is 38.5 Å². The SMILES string of the molecule is CN(Cc1nc2ccccc2c(=O)[nH]1)C(=O)CCC(=O)c1ccc(Br)cc1. The van der Waals surface area contributed by atoms with Gasteiger partial charge in [0, 0.05) is 29.9 Å². The van der Waals surface area contributed by atoms with Gasteiger partial charge in [0.15, 0.2) is 5.78 Å². The number of rotatable bonds is 6. The Morgan fingerprint density at radius 2 is 1.78 bits per heavy atom. The number of fused-ring (bicyclic) bond motifs is 1. The number of halogens is 1. The number of ketones is 1. The van der Waals surface area contributed by atoms with Crippen LogP contribution in [0.15, 0.2) is 57.8 Å². The summed E-state index contributed by atoms with van der Waals surface area (Å²) in [6.07, 6.45) is 0.232. The Morgan fingerprint density at radius 3 is 2.52 bits per heavy atom. The summed E-state index contributed by atoms with van der Waals surface area (Å²) in [5, 5.41) is 0.510. The second kappa shape index (κ2) is 8.26. The Bertz CT molecular complexity index is 1040. The first-order valence-corrected chi connectivity index (χ1v) is 9.24. The van der Waals surface area contributed by atoms with E-state index in [1.807, 2.05) is 0 Å². The highest BCUT2D eigenvalue weighted by atomic mass is 79.9. The summed E-state index contributed by atoms with van der Waals surface area (Å²) in [5.74, 6) is 0.145. The van der Waals surface area contributed by atoms with Gasteiger partial charge in [-0.1, -0.05) is 40.2 Å². The average Bonchev–Trinajstić information content (AvgIpc) is 2.66. The van der Waals surface area contributed by atoms with Gasteiger partial charge in [0.2, 0.25) is 5.91 Å². The predicted molar refractivity (Wildman–Crippen MR) is 107 cm³/mol. The van der Waals surface area contributed by atoms with Crippen LogP contribution < -0.4 is 5.56 Å². The summed E-state index contributed by atoms with van der Waals surface area (Å²) in [6.45, 7) is 0.172. The lowest BCUT2D eigenvalue weighted by Gasteiger charge is -2.16. The minimum absolute atomic E-state index is 0.0820. The monoisotopic (exact) mass is 427 g/mol. The van der Waals surface area contributed by atoms with Gasteiger partial charge in [-0.3, -0.25) is 14.4 Å². The zero-order chi connectivity index (χ0) is 19.4. The minimum atomic E-state index is -0.234. The molecule has 0 unspecified atom stereocenters. The lowest BCUT2D eigenvalue weighted by Crippen LogP contribution is -2.28. The summed E-state index contributed by atoms with van der Waals surface area (Å²) in [7, 11) is 1.63. The molecule has 0 saturated carbocycles. The van der Waals surface area contributed by atoms with E-state index in [0.717, 1.165) is 4.47 Å². The normalized spacial score (nSPS) is 10.7. The fourth-order valence-corrected chi connectivity index (χ4v) is 2.98. The molecule has 0 aliphatic carbocycles. The topological polar surface area (TPSA) is 83.1 Å². The number of para-hydroxylation sites is 1. The molecule has 1 N–H and O–H groups in total. The zero-order valence-electron chi connectivity index (χ0n) is 14.7. The molecular formula is C20H18BrN3O3. The van der Waals surface area contributed by atoms with Crippen LogP contribution in [0.1, 0.15) is 29.0 Å². The summed E-state index contributed by atoms with van der Waals surface area (Å²) in [4.78, 5) is 45.2. The van der Waals surface area contributed by atoms with Crippen molar-refractivity contribution in [1.29, 1.82) is 0 Å². The minimum Gasteiger partial charge on any atom is -0.338 e. The van der Waals surface area contributed by atoms with Crippen LogP contribution in [0.3, 0.4) is 0 Å². The second-order valence-corrected chi connectivity index (χ2v) is 7.13. The molecule has 0 bridgehead atoms. The highest BCUT2D eigenvalue weighted by Crippen LogP contribution is 2.13. The number of hydrogen-bond donors (Lipinski definition) is 1. The maximum atomic E-state index is 12.3. The highest BCUT2D eigenvalue weighted by Gasteiger charge is 2.14. The average molecular weight is 428 g/mol. The number of H-pyrrole nitrogens is 1. The molecule has 27 heavy (non-hydrogen) atoms. The summed E-state index contributed by atoms with van der Waals surface area (Å²) < 4.78 is 0.895. The van der Waals surface area contributed by atoms with E-state index in [0.29, 0.717) is 22.3 Å². The number of nitrogens with zero attached hydrogens (tertiary/aromatic N) is 2. The van der Waals surface area contributed by atoms with Crippen molar-refractivity contribution in [2.45, 2.75) is 19.4 Å². The van der Waals surface area contributed by atoms with Gasteiger partial charge in [-0.05, 0) is 24.3 Å². The van der Waals surface area contributed by atoms with Crippen LogP contribution in [0, 0.1) is 0 Å². The van der Waals surface area contributed by atoms with E-state index in [1.165, 1.54) is 4.90 Å². The van der Waals surface area contributed by atoms with E-state index in [4.69, 9.17) is 0 Å². The van der Waals surface area contributed by atoms with E-state index in [1.54, 1.807) is 55.6 Å². The predicted octanol–water partition coefficient (Wildman–Crippen LogP) is 3.31. The third kappa shape index (κ3) is 4.68. The molecule has 1 heterocycles. The molecule has 2 aromatic carbocycles. The van der Waals surface area contributed by atoms with Gasteiger partial charge in [-0.15, -0.1) is 0 Å². The highest BCUT2D eigenvalue weighted by molar-refractivity contribution is 9.10. The smallest absolute Gasteiger partial charge is 0.258 e.